The van der Waals surface area contributed by atoms with Crippen LogP contribution in [0.5, 0.6) is 0 Å². The molecule has 0 aliphatic carbocycles. The molecule has 1 aromatic rings. The minimum atomic E-state index is 0.935. The second kappa shape index (κ2) is 6.33. The van der Waals surface area contributed by atoms with Gasteiger partial charge in [-0.2, -0.15) is 0 Å². The van der Waals surface area contributed by atoms with Gasteiger partial charge in [-0.3, -0.25) is 9.88 Å². The number of hydrogen-bond acceptors (Lipinski definition) is 4. The lowest BCUT2D eigenvalue weighted by atomic mass is 9.93. The summed E-state index contributed by atoms with van der Waals surface area (Å²) in [7, 11) is 2.04. The number of thiazole rings is 1. The smallest absolute Gasteiger partial charge is 0.0794 e. The van der Waals surface area contributed by atoms with Crippen molar-refractivity contribution in [3.8, 4) is 0 Å². The van der Waals surface area contributed by atoms with Gasteiger partial charge in [0.05, 0.1) is 5.51 Å². The average molecular weight is 239 g/mol. The molecule has 90 valence electrons. The summed E-state index contributed by atoms with van der Waals surface area (Å²) in [6, 6.07) is 0. The van der Waals surface area contributed by atoms with Crippen molar-refractivity contribution in [3.05, 3.63) is 16.6 Å². The van der Waals surface area contributed by atoms with Crippen LogP contribution in [0.1, 0.15) is 24.1 Å². The van der Waals surface area contributed by atoms with E-state index in [0.29, 0.717) is 0 Å². The Kier molecular flexibility index (Phi) is 4.75. The molecule has 0 bridgehead atoms. The van der Waals surface area contributed by atoms with Crippen molar-refractivity contribution in [2.45, 2.75) is 25.8 Å². The third-order valence-corrected chi connectivity index (χ3v) is 4.14. The molecule has 1 N–H and O–H groups in total. The Hall–Kier alpha value is -0.450. The van der Waals surface area contributed by atoms with Crippen LogP contribution in [0.25, 0.3) is 0 Å². The normalized spacial score (nSPS) is 19.1. The van der Waals surface area contributed by atoms with E-state index in [1.54, 1.807) is 11.3 Å². The van der Waals surface area contributed by atoms with E-state index >= 15 is 0 Å². The van der Waals surface area contributed by atoms with Crippen LogP contribution in [0.15, 0.2) is 11.7 Å². The van der Waals surface area contributed by atoms with E-state index in [1.807, 2.05) is 18.8 Å². The van der Waals surface area contributed by atoms with Crippen molar-refractivity contribution in [2.75, 3.05) is 26.7 Å². The molecule has 0 unspecified atom stereocenters. The first-order chi connectivity index (χ1) is 7.88. The summed E-state index contributed by atoms with van der Waals surface area (Å²) in [4.78, 5) is 8.08. The maximum atomic E-state index is 4.13. The van der Waals surface area contributed by atoms with Gasteiger partial charge in [0, 0.05) is 17.6 Å². The molecule has 4 heteroatoms. The summed E-state index contributed by atoms with van der Waals surface area (Å²) in [6.07, 6.45) is 6.06. The fraction of sp³-hybridized carbons (Fsp3) is 0.750. The summed E-state index contributed by atoms with van der Waals surface area (Å²) >= 11 is 1.77. The Morgan fingerprint density at radius 3 is 2.94 bits per heavy atom. The largest absolute Gasteiger partial charge is 0.320 e. The Bertz CT molecular complexity index is 278. The summed E-state index contributed by atoms with van der Waals surface area (Å²) in [5.41, 5.74) is 1.93. The lowest BCUT2D eigenvalue weighted by Crippen LogP contribution is -2.33. The molecule has 0 radical (unpaired) electrons. The molecule has 1 aliphatic heterocycles. The first kappa shape index (κ1) is 12.0. The highest BCUT2D eigenvalue weighted by Gasteiger charge is 2.18. The second-order valence-corrected chi connectivity index (χ2v) is 5.55. The fourth-order valence-electron chi connectivity index (χ4n) is 2.32. The molecule has 0 atom stereocenters. The molecule has 0 aromatic carbocycles. The number of piperidine rings is 1. The molecule has 3 nitrogen and oxygen atoms in total. The monoisotopic (exact) mass is 239 g/mol. The topological polar surface area (TPSA) is 28.2 Å². The molecule has 16 heavy (non-hydrogen) atoms. The number of rotatable bonds is 5. The van der Waals surface area contributed by atoms with Gasteiger partial charge in [-0.05, 0) is 51.9 Å². The Morgan fingerprint density at radius 2 is 2.31 bits per heavy atom. The zero-order chi connectivity index (χ0) is 11.2. The van der Waals surface area contributed by atoms with Crippen LogP contribution in [0, 0.1) is 5.92 Å². The number of hydrogen-bond donors (Lipinski definition) is 1. The van der Waals surface area contributed by atoms with E-state index in [4.69, 9.17) is 0 Å². The van der Waals surface area contributed by atoms with Gasteiger partial charge in [0.2, 0.25) is 0 Å². The molecular formula is C12H21N3S. The minimum absolute atomic E-state index is 0.935. The third-order valence-electron chi connectivity index (χ3n) is 3.37. The van der Waals surface area contributed by atoms with Crippen molar-refractivity contribution < 1.29 is 0 Å². The summed E-state index contributed by atoms with van der Waals surface area (Å²) in [6.45, 7) is 4.78. The average Bonchev–Trinajstić information content (AvgIpc) is 2.81. The number of nitrogens with one attached hydrogen (secondary N) is 1. The van der Waals surface area contributed by atoms with E-state index in [2.05, 4.69) is 15.2 Å². The van der Waals surface area contributed by atoms with Gasteiger partial charge < -0.3 is 5.32 Å². The molecule has 1 aromatic heterocycles. The van der Waals surface area contributed by atoms with Crippen LogP contribution >= 0.6 is 11.3 Å². The highest BCUT2D eigenvalue weighted by atomic mass is 32.1. The van der Waals surface area contributed by atoms with Crippen LogP contribution in [0.2, 0.25) is 0 Å². The number of aromatic nitrogens is 1. The maximum absolute atomic E-state index is 4.13. The van der Waals surface area contributed by atoms with Gasteiger partial charge in [-0.15, -0.1) is 11.3 Å². The molecule has 0 saturated carbocycles. The Labute approximate surface area is 102 Å². The van der Waals surface area contributed by atoms with Crippen molar-refractivity contribution in [2.24, 2.45) is 5.92 Å². The second-order valence-electron chi connectivity index (χ2n) is 4.58. The maximum Gasteiger partial charge on any atom is 0.0794 e. The van der Waals surface area contributed by atoms with Gasteiger partial charge >= 0.3 is 0 Å². The molecule has 0 amide bonds. The van der Waals surface area contributed by atoms with E-state index in [-0.39, 0.29) is 0 Å². The van der Waals surface area contributed by atoms with Crippen LogP contribution < -0.4 is 5.32 Å². The third kappa shape index (κ3) is 3.54. The SMILES string of the molecule is CNCCC1CCN(Cc2cncs2)CC1. The van der Waals surface area contributed by atoms with Crippen molar-refractivity contribution >= 4 is 11.3 Å². The molecule has 0 spiro atoms. The standard InChI is InChI=1S/C12H21N3S/c1-13-5-2-11-3-6-15(7-4-11)9-12-8-14-10-16-12/h8,10-11,13H,2-7,9H2,1H3. The molecule has 2 heterocycles. The van der Waals surface area contributed by atoms with Crippen LogP contribution in [-0.4, -0.2) is 36.6 Å². The predicted molar refractivity (Wildman–Crippen MR) is 68.7 cm³/mol. The first-order valence-corrected chi connectivity index (χ1v) is 7.01. The highest BCUT2D eigenvalue weighted by molar-refractivity contribution is 7.09. The number of likely N-dealkylation sites (tertiary alicyclic amines) is 1. The lowest BCUT2D eigenvalue weighted by molar-refractivity contribution is 0.173. The van der Waals surface area contributed by atoms with Crippen LogP contribution in [-0.2, 0) is 6.54 Å². The lowest BCUT2D eigenvalue weighted by Gasteiger charge is -2.31. The molecule has 2 rings (SSSR count). The quantitative estimate of drug-likeness (QED) is 0.851. The van der Waals surface area contributed by atoms with Gasteiger partial charge in [0.1, 0.15) is 0 Å². The summed E-state index contributed by atoms with van der Waals surface area (Å²) < 4.78 is 0. The number of nitrogens with zero attached hydrogens (tertiary/aromatic N) is 2. The molecule has 1 saturated heterocycles. The van der Waals surface area contributed by atoms with Gasteiger partial charge in [0.15, 0.2) is 0 Å². The van der Waals surface area contributed by atoms with Gasteiger partial charge in [0.25, 0.3) is 0 Å². The van der Waals surface area contributed by atoms with Crippen LogP contribution in [0.4, 0.5) is 0 Å². The Morgan fingerprint density at radius 1 is 1.50 bits per heavy atom. The van der Waals surface area contributed by atoms with Crippen molar-refractivity contribution in [1.29, 1.82) is 0 Å². The minimum Gasteiger partial charge on any atom is -0.320 e. The van der Waals surface area contributed by atoms with E-state index < -0.39 is 0 Å². The van der Waals surface area contributed by atoms with E-state index in [0.717, 1.165) is 12.5 Å². The van der Waals surface area contributed by atoms with Gasteiger partial charge in [-0.25, -0.2) is 0 Å². The molecule has 1 aliphatic rings. The van der Waals surface area contributed by atoms with Crippen LogP contribution in [0.3, 0.4) is 0 Å². The summed E-state index contributed by atoms with van der Waals surface area (Å²) in [5.74, 6) is 0.935. The Balaban J connectivity index is 1.69. The summed E-state index contributed by atoms with van der Waals surface area (Å²) in [5, 5.41) is 3.24. The molecule has 1 fully saturated rings. The van der Waals surface area contributed by atoms with E-state index in [9.17, 15) is 0 Å². The zero-order valence-corrected chi connectivity index (χ0v) is 10.8. The predicted octanol–water partition coefficient (Wildman–Crippen LogP) is 1.96. The van der Waals surface area contributed by atoms with E-state index in [1.165, 1.54) is 43.8 Å². The molecular weight excluding hydrogens is 218 g/mol. The van der Waals surface area contributed by atoms with Gasteiger partial charge in [-0.1, -0.05) is 0 Å². The zero-order valence-electron chi connectivity index (χ0n) is 9.98. The van der Waals surface area contributed by atoms with Crippen molar-refractivity contribution in [1.82, 2.24) is 15.2 Å². The van der Waals surface area contributed by atoms with Crippen molar-refractivity contribution in [3.63, 3.8) is 0 Å². The fourth-order valence-corrected chi connectivity index (χ4v) is 2.96. The first-order valence-electron chi connectivity index (χ1n) is 6.13. The highest BCUT2D eigenvalue weighted by Crippen LogP contribution is 2.22.